The first kappa shape index (κ1) is 18.5. The minimum absolute atomic E-state index is 0.123. The van der Waals surface area contributed by atoms with E-state index in [1.807, 2.05) is 35.0 Å². The van der Waals surface area contributed by atoms with E-state index in [2.05, 4.69) is 10.4 Å². The van der Waals surface area contributed by atoms with Gasteiger partial charge in [-0.1, -0.05) is 31.4 Å². The molecule has 0 spiro atoms. The van der Waals surface area contributed by atoms with E-state index < -0.39 is 6.10 Å². The number of ether oxygens (including phenoxy) is 1. The Morgan fingerprint density at radius 1 is 1.21 bits per heavy atom. The third-order valence-electron chi connectivity index (χ3n) is 5.49. The molecule has 148 valence electrons. The lowest BCUT2D eigenvalue weighted by atomic mass is 9.96. The Balaban J connectivity index is 1.40. The van der Waals surface area contributed by atoms with Crippen molar-refractivity contribution < 1.29 is 14.3 Å². The number of hydrogen-bond donors (Lipinski definition) is 1. The Hall–Kier alpha value is -2.83. The second-order valence-electron chi connectivity index (χ2n) is 7.47. The molecule has 1 aliphatic carbocycles. The highest BCUT2D eigenvalue weighted by atomic mass is 16.5. The summed E-state index contributed by atoms with van der Waals surface area (Å²) in [4.78, 5) is 26.7. The van der Waals surface area contributed by atoms with Crippen molar-refractivity contribution in [2.45, 2.75) is 57.6 Å². The molecule has 0 saturated heterocycles. The summed E-state index contributed by atoms with van der Waals surface area (Å²) in [6.07, 6.45) is 7.26. The average molecular weight is 382 g/mol. The van der Waals surface area contributed by atoms with Crippen molar-refractivity contribution in [3.05, 3.63) is 36.5 Å². The standard InChI is InChI=1S/C21H26N4O3/c1-15-21(27)24(17-9-5-6-10-18(17)28-15)14-12-20(26)23-19-11-13-22-25(19)16-7-3-2-4-8-16/h5-6,9-11,13,15-16H,2-4,7-8,12,14H2,1H3,(H,23,26). The number of rotatable bonds is 5. The molecule has 0 radical (unpaired) electrons. The molecule has 2 aliphatic rings. The quantitative estimate of drug-likeness (QED) is 0.858. The van der Waals surface area contributed by atoms with E-state index >= 15 is 0 Å². The van der Waals surface area contributed by atoms with Crippen LogP contribution in [0.2, 0.25) is 0 Å². The van der Waals surface area contributed by atoms with Gasteiger partial charge in [-0.3, -0.25) is 9.59 Å². The molecular formula is C21H26N4O3. The van der Waals surface area contributed by atoms with Gasteiger partial charge in [0.05, 0.1) is 17.9 Å². The van der Waals surface area contributed by atoms with Crippen LogP contribution >= 0.6 is 0 Å². The molecule has 1 saturated carbocycles. The van der Waals surface area contributed by atoms with Gasteiger partial charge in [0, 0.05) is 19.0 Å². The summed E-state index contributed by atoms with van der Waals surface area (Å²) in [6, 6.07) is 9.61. The van der Waals surface area contributed by atoms with Gasteiger partial charge in [0.1, 0.15) is 11.6 Å². The van der Waals surface area contributed by atoms with E-state index in [1.54, 1.807) is 18.0 Å². The molecule has 2 aromatic rings. The van der Waals surface area contributed by atoms with Gasteiger partial charge < -0.3 is 15.0 Å². The molecule has 28 heavy (non-hydrogen) atoms. The molecule has 2 heterocycles. The van der Waals surface area contributed by atoms with Crippen molar-refractivity contribution in [3.63, 3.8) is 0 Å². The molecular weight excluding hydrogens is 356 g/mol. The number of anilines is 2. The molecule has 7 nitrogen and oxygen atoms in total. The van der Waals surface area contributed by atoms with Gasteiger partial charge in [-0.15, -0.1) is 0 Å². The van der Waals surface area contributed by atoms with Crippen molar-refractivity contribution in [1.29, 1.82) is 0 Å². The zero-order chi connectivity index (χ0) is 19.5. The van der Waals surface area contributed by atoms with Crippen LogP contribution in [-0.2, 0) is 9.59 Å². The molecule has 1 aliphatic heterocycles. The van der Waals surface area contributed by atoms with Gasteiger partial charge in [0.15, 0.2) is 6.10 Å². The van der Waals surface area contributed by atoms with Crippen molar-refractivity contribution in [2.75, 3.05) is 16.8 Å². The normalized spacial score (nSPS) is 19.8. The maximum Gasteiger partial charge on any atom is 0.267 e. The number of benzene rings is 1. The lowest BCUT2D eigenvalue weighted by molar-refractivity contribution is -0.125. The van der Waals surface area contributed by atoms with E-state index in [1.165, 1.54) is 19.3 Å². The van der Waals surface area contributed by atoms with Crippen molar-refractivity contribution in [1.82, 2.24) is 9.78 Å². The zero-order valence-corrected chi connectivity index (χ0v) is 16.1. The molecule has 2 amide bonds. The van der Waals surface area contributed by atoms with Crippen LogP contribution in [0.4, 0.5) is 11.5 Å². The SMILES string of the molecule is CC1Oc2ccccc2N(CCC(=O)Nc2ccnn2C2CCCCC2)C1=O. The van der Waals surface area contributed by atoms with Gasteiger partial charge in [0.25, 0.3) is 5.91 Å². The lowest BCUT2D eigenvalue weighted by Crippen LogP contribution is -2.45. The summed E-state index contributed by atoms with van der Waals surface area (Å²) in [5.41, 5.74) is 0.714. The Kier molecular flexibility index (Phi) is 5.32. The number of carbonyl (C=O) groups is 2. The average Bonchev–Trinajstić information content (AvgIpc) is 3.17. The summed E-state index contributed by atoms with van der Waals surface area (Å²) in [7, 11) is 0. The maximum atomic E-state index is 12.6. The second-order valence-corrected chi connectivity index (χ2v) is 7.47. The number of amides is 2. The first-order valence-electron chi connectivity index (χ1n) is 10.0. The number of para-hydroxylation sites is 2. The number of nitrogens with one attached hydrogen (secondary N) is 1. The van der Waals surface area contributed by atoms with Crippen molar-refractivity contribution >= 4 is 23.3 Å². The Morgan fingerprint density at radius 3 is 2.82 bits per heavy atom. The third kappa shape index (κ3) is 3.74. The first-order chi connectivity index (χ1) is 13.6. The molecule has 1 unspecified atom stereocenters. The number of nitrogens with zero attached hydrogens (tertiary/aromatic N) is 3. The van der Waals surface area contributed by atoms with Gasteiger partial charge in [-0.05, 0) is 31.9 Å². The highest BCUT2D eigenvalue weighted by Crippen LogP contribution is 2.34. The molecule has 1 N–H and O–H groups in total. The van der Waals surface area contributed by atoms with Crippen LogP contribution in [0, 0.1) is 0 Å². The maximum absolute atomic E-state index is 12.6. The Morgan fingerprint density at radius 2 is 2.00 bits per heavy atom. The van der Waals surface area contributed by atoms with Gasteiger partial charge in [-0.2, -0.15) is 5.10 Å². The van der Waals surface area contributed by atoms with Crippen LogP contribution in [0.3, 0.4) is 0 Å². The third-order valence-corrected chi connectivity index (χ3v) is 5.49. The van der Waals surface area contributed by atoms with Crippen LogP contribution < -0.4 is 15.0 Å². The van der Waals surface area contributed by atoms with Gasteiger partial charge in [0.2, 0.25) is 5.91 Å². The molecule has 0 bridgehead atoms. The highest BCUT2D eigenvalue weighted by Gasteiger charge is 2.31. The van der Waals surface area contributed by atoms with E-state index in [0.717, 1.165) is 18.7 Å². The van der Waals surface area contributed by atoms with Gasteiger partial charge in [-0.25, -0.2) is 4.68 Å². The fourth-order valence-electron chi connectivity index (χ4n) is 4.04. The highest BCUT2D eigenvalue weighted by molar-refractivity contribution is 6.00. The van der Waals surface area contributed by atoms with Crippen LogP contribution in [0.15, 0.2) is 36.5 Å². The minimum Gasteiger partial charge on any atom is -0.479 e. The van der Waals surface area contributed by atoms with Crippen LogP contribution in [-0.4, -0.2) is 34.2 Å². The Labute approximate surface area is 164 Å². The second kappa shape index (κ2) is 8.04. The summed E-state index contributed by atoms with van der Waals surface area (Å²) in [6.45, 7) is 2.04. The van der Waals surface area contributed by atoms with Crippen molar-refractivity contribution in [2.24, 2.45) is 0 Å². The zero-order valence-electron chi connectivity index (χ0n) is 16.1. The van der Waals surface area contributed by atoms with Crippen LogP contribution in [0.1, 0.15) is 51.5 Å². The van der Waals surface area contributed by atoms with Crippen molar-refractivity contribution in [3.8, 4) is 5.75 Å². The summed E-state index contributed by atoms with van der Waals surface area (Å²) >= 11 is 0. The summed E-state index contributed by atoms with van der Waals surface area (Å²) in [5, 5.41) is 7.39. The first-order valence-corrected chi connectivity index (χ1v) is 10.0. The molecule has 4 rings (SSSR count). The lowest BCUT2D eigenvalue weighted by Gasteiger charge is -2.32. The van der Waals surface area contributed by atoms with E-state index in [0.29, 0.717) is 24.0 Å². The number of fused-ring (bicyclic) bond motifs is 1. The molecule has 1 aromatic carbocycles. The van der Waals surface area contributed by atoms with E-state index in [9.17, 15) is 9.59 Å². The smallest absolute Gasteiger partial charge is 0.267 e. The topological polar surface area (TPSA) is 76.5 Å². The molecule has 1 atom stereocenters. The largest absolute Gasteiger partial charge is 0.479 e. The summed E-state index contributed by atoms with van der Waals surface area (Å²) < 4.78 is 7.58. The molecule has 1 fully saturated rings. The molecule has 7 heteroatoms. The Bertz CT molecular complexity index is 857. The van der Waals surface area contributed by atoms with Crippen LogP contribution in [0.5, 0.6) is 5.75 Å². The number of carbonyl (C=O) groups excluding carboxylic acids is 2. The monoisotopic (exact) mass is 382 g/mol. The predicted octanol–water partition coefficient (Wildman–Crippen LogP) is 3.53. The minimum atomic E-state index is -0.550. The number of hydrogen-bond acceptors (Lipinski definition) is 4. The fraction of sp³-hybridized carbons (Fsp3) is 0.476. The predicted molar refractivity (Wildman–Crippen MR) is 106 cm³/mol. The van der Waals surface area contributed by atoms with E-state index in [4.69, 9.17) is 4.74 Å². The van der Waals surface area contributed by atoms with Crippen LogP contribution in [0.25, 0.3) is 0 Å². The fourth-order valence-corrected chi connectivity index (χ4v) is 4.04. The molecule has 1 aromatic heterocycles. The number of aromatic nitrogens is 2. The van der Waals surface area contributed by atoms with E-state index in [-0.39, 0.29) is 18.2 Å². The summed E-state index contributed by atoms with van der Waals surface area (Å²) in [5.74, 6) is 1.16. The van der Waals surface area contributed by atoms with Gasteiger partial charge >= 0.3 is 0 Å².